The summed E-state index contributed by atoms with van der Waals surface area (Å²) >= 11 is 5.95. The first-order valence-corrected chi connectivity index (χ1v) is 6.00. The summed E-state index contributed by atoms with van der Waals surface area (Å²) in [4.78, 5) is 11.5. The lowest BCUT2D eigenvalue weighted by Crippen LogP contribution is -1.92. The number of benzene rings is 1. The Labute approximate surface area is 110 Å². The van der Waals surface area contributed by atoms with Gasteiger partial charge in [0.2, 0.25) is 0 Å². The number of methoxy groups -OCH3 is 1. The summed E-state index contributed by atoms with van der Waals surface area (Å²) in [5.41, 5.74) is 0.825. The molecule has 0 radical (unpaired) electrons. The molecule has 0 bridgehead atoms. The fourth-order valence-corrected chi connectivity index (χ4v) is 1.82. The quantitative estimate of drug-likeness (QED) is 0.777. The monoisotopic (exact) mass is 264 g/mol. The third-order valence-electron chi connectivity index (χ3n) is 2.64. The normalized spacial score (nSPS) is 10.4. The van der Waals surface area contributed by atoms with E-state index in [9.17, 15) is 4.79 Å². The largest absolute Gasteiger partial charge is 0.495 e. The van der Waals surface area contributed by atoms with Gasteiger partial charge in [-0.1, -0.05) is 18.5 Å². The van der Waals surface area contributed by atoms with Gasteiger partial charge in [-0.15, -0.1) is 0 Å². The van der Waals surface area contributed by atoms with E-state index in [0.717, 1.165) is 5.56 Å². The molecular formula is C14H13ClO3. The van der Waals surface area contributed by atoms with Gasteiger partial charge in [-0.05, 0) is 30.3 Å². The molecule has 0 unspecified atom stereocenters. The van der Waals surface area contributed by atoms with Gasteiger partial charge in [-0.2, -0.15) is 0 Å². The predicted molar refractivity (Wildman–Crippen MR) is 70.3 cm³/mol. The van der Waals surface area contributed by atoms with E-state index in [-0.39, 0.29) is 5.78 Å². The van der Waals surface area contributed by atoms with Crippen molar-refractivity contribution in [3.05, 3.63) is 41.1 Å². The highest BCUT2D eigenvalue weighted by Crippen LogP contribution is 2.31. The number of carbonyl (C=O) groups excluding carboxylic acids is 1. The van der Waals surface area contributed by atoms with E-state index in [4.69, 9.17) is 20.8 Å². The Bertz CT molecular complexity index is 572. The summed E-state index contributed by atoms with van der Waals surface area (Å²) in [7, 11) is 1.55. The maximum atomic E-state index is 11.5. The predicted octanol–water partition coefficient (Wildman–Crippen LogP) is 4.20. The molecule has 0 N–H and O–H groups in total. The zero-order valence-electron chi connectivity index (χ0n) is 10.2. The summed E-state index contributed by atoms with van der Waals surface area (Å²) < 4.78 is 10.7. The molecule has 0 amide bonds. The molecule has 0 saturated heterocycles. The van der Waals surface area contributed by atoms with Crippen molar-refractivity contribution in [2.45, 2.75) is 13.3 Å². The summed E-state index contributed by atoms with van der Waals surface area (Å²) in [6.07, 6.45) is 0.427. The highest BCUT2D eigenvalue weighted by Gasteiger charge is 2.11. The molecule has 0 aliphatic heterocycles. The van der Waals surface area contributed by atoms with Crippen LogP contribution < -0.4 is 4.74 Å². The zero-order chi connectivity index (χ0) is 13.1. The smallest absolute Gasteiger partial charge is 0.197 e. The number of Topliss-reactive ketones (excluding diaryl/α,β-unsaturated/α-hetero) is 1. The van der Waals surface area contributed by atoms with E-state index in [2.05, 4.69) is 0 Å². The highest BCUT2D eigenvalue weighted by molar-refractivity contribution is 6.32. The van der Waals surface area contributed by atoms with Crippen LogP contribution in [-0.4, -0.2) is 12.9 Å². The number of ketones is 1. The first-order chi connectivity index (χ1) is 8.65. The van der Waals surface area contributed by atoms with E-state index in [1.165, 1.54) is 0 Å². The lowest BCUT2D eigenvalue weighted by Gasteiger charge is -2.04. The van der Waals surface area contributed by atoms with Crippen LogP contribution in [0.5, 0.6) is 5.75 Å². The van der Waals surface area contributed by atoms with Crippen molar-refractivity contribution in [2.75, 3.05) is 7.11 Å². The molecule has 0 saturated carbocycles. The third-order valence-corrected chi connectivity index (χ3v) is 2.95. The number of hydrogen-bond donors (Lipinski definition) is 0. The van der Waals surface area contributed by atoms with Crippen LogP contribution >= 0.6 is 11.6 Å². The zero-order valence-corrected chi connectivity index (χ0v) is 11.0. The second kappa shape index (κ2) is 5.27. The third kappa shape index (κ3) is 2.41. The van der Waals surface area contributed by atoms with Crippen molar-refractivity contribution in [1.82, 2.24) is 0 Å². The molecule has 1 aromatic heterocycles. The molecule has 0 spiro atoms. The van der Waals surface area contributed by atoms with Gasteiger partial charge in [0.15, 0.2) is 11.5 Å². The minimum Gasteiger partial charge on any atom is -0.495 e. The molecular weight excluding hydrogens is 252 g/mol. The Hall–Kier alpha value is -1.74. The molecule has 0 atom stereocenters. The van der Waals surface area contributed by atoms with Gasteiger partial charge < -0.3 is 9.15 Å². The van der Waals surface area contributed by atoms with Crippen LogP contribution in [0, 0.1) is 0 Å². The van der Waals surface area contributed by atoms with Crippen molar-refractivity contribution >= 4 is 17.4 Å². The van der Waals surface area contributed by atoms with E-state index < -0.39 is 0 Å². The van der Waals surface area contributed by atoms with Crippen molar-refractivity contribution in [3.63, 3.8) is 0 Å². The fraction of sp³-hybridized carbons (Fsp3) is 0.214. The number of furan rings is 1. The fourth-order valence-electron chi connectivity index (χ4n) is 1.63. The summed E-state index contributed by atoms with van der Waals surface area (Å²) in [6, 6.07) is 8.79. The van der Waals surface area contributed by atoms with E-state index >= 15 is 0 Å². The molecule has 2 aromatic rings. The van der Waals surface area contributed by atoms with Gasteiger partial charge in [0.05, 0.1) is 12.1 Å². The minimum atomic E-state index is -0.0119. The first-order valence-electron chi connectivity index (χ1n) is 5.62. The summed E-state index contributed by atoms with van der Waals surface area (Å²) in [5, 5.41) is 0.540. The molecule has 1 heterocycles. The topological polar surface area (TPSA) is 39.4 Å². The second-order valence-electron chi connectivity index (χ2n) is 3.79. The number of halogens is 1. The van der Waals surface area contributed by atoms with Gasteiger partial charge in [-0.3, -0.25) is 4.79 Å². The SMILES string of the molecule is CCC(=O)c1ccc(-c2ccc(Cl)c(OC)c2)o1. The summed E-state index contributed by atoms with van der Waals surface area (Å²) in [5.74, 6) is 1.57. The Kier molecular flexibility index (Phi) is 3.72. The van der Waals surface area contributed by atoms with Crippen molar-refractivity contribution in [3.8, 4) is 17.1 Å². The van der Waals surface area contributed by atoms with E-state index in [0.29, 0.717) is 28.7 Å². The maximum Gasteiger partial charge on any atom is 0.197 e. The molecule has 4 heteroatoms. The number of hydrogen-bond acceptors (Lipinski definition) is 3. The van der Waals surface area contributed by atoms with Gasteiger partial charge in [0.25, 0.3) is 0 Å². The number of ether oxygens (including phenoxy) is 1. The summed E-state index contributed by atoms with van der Waals surface area (Å²) in [6.45, 7) is 1.80. The number of rotatable bonds is 4. The maximum absolute atomic E-state index is 11.5. The average molecular weight is 265 g/mol. The molecule has 0 fully saturated rings. The van der Waals surface area contributed by atoms with Crippen LogP contribution in [0.3, 0.4) is 0 Å². The lowest BCUT2D eigenvalue weighted by molar-refractivity contribution is 0.0962. The minimum absolute atomic E-state index is 0.0119. The molecule has 18 heavy (non-hydrogen) atoms. The lowest BCUT2D eigenvalue weighted by atomic mass is 10.1. The second-order valence-corrected chi connectivity index (χ2v) is 4.20. The molecule has 1 aromatic carbocycles. The molecule has 94 valence electrons. The first kappa shape index (κ1) is 12.7. The van der Waals surface area contributed by atoms with Crippen LogP contribution in [0.1, 0.15) is 23.9 Å². The van der Waals surface area contributed by atoms with E-state index in [1.54, 1.807) is 38.3 Å². The highest BCUT2D eigenvalue weighted by atomic mass is 35.5. The molecule has 0 aliphatic carbocycles. The Morgan fingerprint density at radius 1 is 1.33 bits per heavy atom. The standard InChI is InChI=1S/C14H13ClO3/c1-3-11(16)13-7-6-12(18-13)9-4-5-10(15)14(8-9)17-2/h4-8H,3H2,1-2H3. The van der Waals surface area contributed by atoms with Gasteiger partial charge in [-0.25, -0.2) is 0 Å². The van der Waals surface area contributed by atoms with E-state index in [1.807, 2.05) is 6.07 Å². The Morgan fingerprint density at radius 2 is 2.11 bits per heavy atom. The van der Waals surface area contributed by atoms with Crippen LogP contribution in [0.2, 0.25) is 5.02 Å². The van der Waals surface area contributed by atoms with Crippen LogP contribution in [0.4, 0.5) is 0 Å². The molecule has 0 aliphatic rings. The Balaban J connectivity index is 2.37. The van der Waals surface area contributed by atoms with Gasteiger partial charge in [0.1, 0.15) is 11.5 Å². The molecule has 3 nitrogen and oxygen atoms in total. The molecule has 2 rings (SSSR count). The number of carbonyl (C=O) groups is 1. The van der Waals surface area contributed by atoms with Crippen LogP contribution in [-0.2, 0) is 0 Å². The average Bonchev–Trinajstić information content (AvgIpc) is 2.88. The Morgan fingerprint density at radius 3 is 2.78 bits per heavy atom. The van der Waals surface area contributed by atoms with Crippen molar-refractivity contribution in [1.29, 1.82) is 0 Å². The van der Waals surface area contributed by atoms with Crippen LogP contribution in [0.25, 0.3) is 11.3 Å². The van der Waals surface area contributed by atoms with Crippen molar-refractivity contribution < 1.29 is 13.9 Å². The van der Waals surface area contributed by atoms with Gasteiger partial charge >= 0.3 is 0 Å². The van der Waals surface area contributed by atoms with Gasteiger partial charge in [0, 0.05) is 12.0 Å². The van der Waals surface area contributed by atoms with Crippen LogP contribution in [0.15, 0.2) is 34.7 Å². The van der Waals surface area contributed by atoms with Crippen molar-refractivity contribution in [2.24, 2.45) is 0 Å².